The second kappa shape index (κ2) is 15.2. The van der Waals surface area contributed by atoms with Gasteiger partial charge in [0.15, 0.2) is 0 Å². The maximum absolute atomic E-state index is 14.2. The lowest BCUT2D eigenvalue weighted by molar-refractivity contribution is 0.0690. The number of aromatic carboxylic acids is 1. The molecule has 3 aromatic carbocycles. The Morgan fingerprint density at radius 3 is 2.14 bits per heavy atom. The molecule has 0 fully saturated rings. The molecule has 0 saturated heterocycles. The highest BCUT2D eigenvalue weighted by Crippen LogP contribution is 2.46. The molecular formula is C41H49N3O4SSi. The minimum absolute atomic E-state index is 0.0338. The first-order chi connectivity index (χ1) is 23.6. The Balaban J connectivity index is 1.62. The van der Waals surface area contributed by atoms with Crippen molar-refractivity contribution in [2.45, 2.75) is 70.3 Å². The first-order valence-electron chi connectivity index (χ1n) is 17.1. The van der Waals surface area contributed by atoms with Gasteiger partial charge in [-0.05, 0) is 80.5 Å². The van der Waals surface area contributed by atoms with Crippen molar-refractivity contribution in [1.29, 1.82) is 0 Å². The van der Waals surface area contributed by atoms with Crippen LogP contribution >= 0.6 is 0 Å². The van der Waals surface area contributed by atoms with Crippen molar-refractivity contribution < 1.29 is 18.9 Å². The van der Waals surface area contributed by atoms with Crippen LogP contribution in [0.4, 0.5) is 0 Å². The Bertz CT molecular complexity index is 1820. The molecule has 2 atom stereocenters. The van der Waals surface area contributed by atoms with Gasteiger partial charge < -0.3 is 14.1 Å². The van der Waals surface area contributed by atoms with Gasteiger partial charge in [0.05, 0.1) is 24.8 Å². The molecule has 0 spiro atoms. The van der Waals surface area contributed by atoms with Gasteiger partial charge in [-0.2, -0.15) is 0 Å². The van der Waals surface area contributed by atoms with E-state index in [2.05, 4.69) is 81.1 Å². The summed E-state index contributed by atoms with van der Waals surface area (Å²) in [5.41, 5.74) is 3.87. The lowest BCUT2D eigenvalue weighted by Crippen LogP contribution is -2.66. The number of carbonyl (C=O) groups is 1. The van der Waals surface area contributed by atoms with Crippen LogP contribution in [0.25, 0.3) is 11.3 Å². The summed E-state index contributed by atoms with van der Waals surface area (Å²) in [6.07, 6.45) is 0.544. The first kappa shape index (κ1) is 37.5. The van der Waals surface area contributed by atoms with Crippen molar-refractivity contribution >= 4 is 36.0 Å². The van der Waals surface area contributed by atoms with E-state index in [0.717, 1.165) is 22.3 Å². The van der Waals surface area contributed by atoms with E-state index in [1.807, 2.05) is 80.5 Å². The number of pyridine rings is 1. The maximum atomic E-state index is 14.2. The van der Waals surface area contributed by atoms with E-state index >= 15 is 0 Å². The van der Waals surface area contributed by atoms with Crippen LogP contribution < -0.4 is 10.4 Å². The van der Waals surface area contributed by atoms with Crippen molar-refractivity contribution in [1.82, 2.24) is 14.2 Å². The van der Waals surface area contributed by atoms with Crippen LogP contribution in [0.5, 0.6) is 0 Å². The number of fused-ring (bicyclic) bond motifs is 1. The van der Waals surface area contributed by atoms with Crippen LogP contribution in [-0.2, 0) is 22.3 Å². The summed E-state index contributed by atoms with van der Waals surface area (Å²) in [6.45, 7) is 14.1. The fourth-order valence-electron chi connectivity index (χ4n) is 6.81. The minimum Gasteiger partial charge on any atom is -0.597 e. The number of aromatic nitrogens is 1. The number of nitrogens with zero attached hydrogens (tertiary/aromatic N) is 3. The van der Waals surface area contributed by atoms with Gasteiger partial charge in [0.1, 0.15) is 10.4 Å². The molecule has 5 rings (SSSR count). The highest BCUT2D eigenvalue weighted by Gasteiger charge is 2.51. The minimum atomic E-state index is -2.83. The summed E-state index contributed by atoms with van der Waals surface area (Å²) < 4.78 is 23.0. The quantitative estimate of drug-likeness (QED) is 0.112. The highest BCUT2D eigenvalue weighted by molar-refractivity contribution is 7.90. The molecule has 7 nitrogen and oxygen atoms in total. The van der Waals surface area contributed by atoms with Crippen molar-refractivity contribution in [3.05, 3.63) is 113 Å². The number of carboxylic acid groups (broad SMARTS) is 1. The third-order valence-electron chi connectivity index (χ3n) is 9.00. The second-order valence-corrected chi connectivity index (χ2v) is 21.6. The van der Waals surface area contributed by atoms with Gasteiger partial charge in [0, 0.05) is 34.7 Å². The molecule has 50 heavy (non-hydrogen) atoms. The van der Waals surface area contributed by atoms with Crippen molar-refractivity contribution in [3.8, 4) is 23.1 Å². The van der Waals surface area contributed by atoms with E-state index in [0.29, 0.717) is 31.8 Å². The summed E-state index contributed by atoms with van der Waals surface area (Å²) in [7, 11) is 1.11. The summed E-state index contributed by atoms with van der Waals surface area (Å²) >= 11 is -1.39. The summed E-state index contributed by atoms with van der Waals surface area (Å²) in [4.78, 5) is 19.1. The molecule has 0 amide bonds. The number of hydrogen-bond donors (Lipinski definition) is 1. The molecule has 0 saturated carbocycles. The zero-order chi connectivity index (χ0) is 36.3. The van der Waals surface area contributed by atoms with Crippen LogP contribution in [0.1, 0.15) is 81.2 Å². The fourth-order valence-corrected chi connectivity index (χ4v) is 12.8. The van der Waals surface area contributed by atoms with Gasteiger partial charge in [-0.25, -0.2) is 9.78 Å². The molecule has 1 aromatic heterocycles. The van der Waals surface area contributed by atoms with Crippen molar-refractivity contribution in [2.24, 2.45) is 0 Å². The van der Waals surface area contributed by atoms with Gasteiger partial charge in [0.25, 0.3) is 8.32 Å². The molecule has 1 N–H and O–H groups in total. The van der Waals surface area contributed by atoms with Crippen LogP contribution in [0.15, 0.2) is 91.0 Å². The van der Waals surface area contributed by atoms with Gasteiger partial charge in [-0.15, -0.1) is 4.31 Å². The number of carboxylic acids is 1. The van der Waals surface area contributed by atoms with E-state index in [4.69, 9.17) is 9.41 Å². The monoisotopic (exact) mass is 707 g/mol. The van der Waals surface area contributed by atoms with E-state index in [1.54, 1.807) is 6.07 Å². The Kier molecular flexibility index (Phi) is 11.4. The predicted octanol–water partition coefficient (Wildman–Crippen LogP) is 6.65. The van der Waals surface area contributed by atoms with E-state index in [-0.39, 0.29) is 16.8 Å². The first-order valence-corrected chi connectivity index (χ1v) is 20.1. The van der Waals surface area contributed by atoms with Crippen LogP contribution in [0, 0.1) is 11.8 Å². The van der Waals surface area contributed by atoms with Crippen LogP contribution in [0.3, 0.4) is 0 Å². The molecular weight excluding hydrogens is 659 g/mol. The van der Waals surface area contributed by atoms with E-state index in [9.17, 15) is 14.5 Å². The molecule has 2 unspecified atom stereocenters. The number of hydrogen-bond acceptors (Lipinski definition) is 6. The molecule has 0 radical (unpaired) electrons. The maximum Gasteiger partial charge on any atom is 0.354 e. The van der Waals surface area contributed by atoms with Crippen molar-refractivity contribution in [2.75, 3.05) is 27.2 Å². The smallest absolute Gasteiger partial charge is 0.354 e. The normalized spacial score (nSPS) is 15.8. The number of rotatable bonds is 10. The third-order valence-corrected chi connectivity index (χ3v) is 15.9. The molecule has 9 heteroatoms. The van der Waals surface area contributed by atoms with E-state index < -0.39 is 30.4 Å². The lowest BCUT2D eigenvalue weighted by atomic mass is 9.95. The topological polar surface area (TPSA) is 89.0 Å². The largest absolute Gasteiger partial charge is 0.597 e. The lowest BCUT2D eigenvalue weighted by Gasteiger charge is -2.43. The second-order valence-electron chi connectivity index (χ2n) is 15.1. The Morgan fingerprint density at radius 1 is 0.980 bits per heavy atom. The zero-order valence-electron chi connectivity index (χ0n) is 30.5. The standard InChI is InChI=1S/C41H49N3O4SSi/c1-40(2,3)49(47)44-29-32-28-35(39(45)46)42-38(31-19-15-17-30(27-31)18-16-25-43(7)8)37(32)36(44)24-26-48-50(41(4,5)6,33-20-11-9-12-21-33)34-22-13-10-14-23-34/h9-15,17,19-23,27-28,36H,24-26,29H2,1-8H3,(H,45,46). The average molecular weight is 708 g/mol. The van der Waals surface area contributed by atoms with E-state index in [1.165, 1.54) is 10.4 Å². The van der Waals surface area contributed by atoms with Crippen molar-refractivity contribution in [3.63, 3.8) is 0 Å². The summed E-state index contributed by atoms with van der Waals surface area (Å²) in [6, 6.07) is 30.2. The Morgan fingerprint density at radius 2 is 1.60 bits per heavy atom. The van der Waals surface area contributed by atoms with Crippen LogP contribution in [0.2, 0.25) is 5.04 Å². The Hall–Kier alpha value is -3.75. The van der Waals surface area contributed by atoms with Gasteiger partial charge in [0.2, 0.25) is 0 Å². The zero-order valence-corrected chi connectivity index (χ0v) is 32.3. The van der Waals surface area contributed by atoms with Gasteiger partial charge >= 0.3 is 5.97 Å². The Labute approximate surface area is 302 Å². The molecule has 1 aliphatic heterocycles. The molecule has 2 heterocycles. The molecule has 4 aromatic rings. The SMILES string of the molecule is CN(C)CC#Cc1cccc(-c2nc(C(=O)O)cc3c2C(CCO[Si](c2ccccc2)(c2ccccc2)C(C)(C)C)N([S+]([O-])C(C)(C)C)C3)c1. The number of benzene rings is 3. The predicted molar refractivity (Wildman–Crippen MR) is 206 cm³/mol. The van der Waals surface area contributed by atoms with Gasteiger partial charge in [-0.1, -0.05) is 105 Å². The average Bonchev–Trinajstić information content (AvgIpc) is 3.43. The molecule has 1 aliphatic rings. The summed E-state index contributed by atoms with van der Waals surface area (Å²) in [5, 5.41) is 12.3. The highest BCUT2D eigenvalue weighted by atomic mass is 32.2. The van der Waals surface area contributed by atoms with Crippen LogP contribution in [-0.4, -0.2) is 70.1 Å². The third kappa shape index (κ3) is 7.92. The fraction of sp³-hybridized carbons (Fsp3) is 0.366. The molecule has 0 bridgehead atoms. The summed E-state index contributed by atoms with van der Waals surface area (Å²) in [5.74, 6) is 5.33. The molecule has 0 aliphatic carbocycles. The van der Waals surface area contributed by atoms with Gasteiger partial charge in [-0.3, -0.25) is 4.90 Å². The molecule has 262 valence electrons.